The lowest BCUT2D eigenvalue weighted by atomic mass is 9.85. The second kappa shape index (κ2) is 10.2. The van der Waals surface area contributed by atoms with E-state index in [1.807, 2.05) is 6.92 Å². The van der Waals surface area contributed by atoms with Gasteiger partial charge >= 0.3 is 0 Å². The van der Waals surface area contributed by atoms with Crippen LogP contribution in [0.3, 0.4) is 0 Å². The van der Waals surface area contributed by atoms with Gasteiger partial charge in [-0.05, 0) is 62.4 Å². The fraction of sp³-hybridized carbons (Fsp3) is 0.333. The van der Waals surface area contributed by atoms with E-state index in [0.717, 1.165) is 5.56 Å². The number of amides is 1. The Kier molecular flexibility index (Phi) is 7.58. The van der Waals surface area contributed by atoms with Crippen LogP contribution >= 0.6 is 0 Å². The Morgan fingerprint density at radius 2 is 1.81 bits per heavy atom. The van der Waals surface area contributed by atoms with Crippen molar-refractivity contribution in [1.82, 2.24) is 15.0 Å². The minimum atomic E-state index is -3.74. The molecule has 32 heavy (non-hydrogen) atoms. The number of benzene rings is 1. The summed E-state index contributed by atoms with van der Waals surface area (Å²) in [7, 11) is -3.74. The van der Waals surface area contributed by atoms with E-state index in [-0.39, 0.29) is 34.6 Å². The number of hydrogen-bond acceptors (Lipinski definition) is 4. The van der Waals surface area contributed by atoms with Gasteiger partial charge in [0.2, 0.25) is 15.9 Å². The molecule has 1 aliphatic rings. The first-order valence-electron chi connectivity index (χ1n) is 10.6. The SMILES string of the molecule is C=Cc1cc(S(=O)(=O)NC2CCC(C(=O)N[C@@H](C)c3ccc(F)cc3)CC2)cnc1C=C. The number of aromatic nitrogens is 1. The summed E-state index contributed by atoms with van der Waals surface area (Å²) in [5.41, 5.74) is 2.00. The van der Waals surface area contributed by atoms with E-state index in [0.29, 0.717) is 36.9 Å². The van der Waals surface area contributed by atoms with Crippen LogP contribution in [0, 0.1) is 11.7 Å². The number of halogens is 1. The van der Waals surface area contributed by atoms with Crippen molar-refractivity contribution >= 4 is 28.1 Å². The highest BCUT2D eigenvalue weighted by atomic mass is 32.2. The summed E-state index contributed by atoms with van der Waals surface area (Å²) < 4.78 is 41.4. The van der Waals surface area contributed by atoms with Gasteiger partial charge in [0.05, 0.1) is 11.7 Å². The minimum absolute atomic E-state index is 0.0667. The number of carbonyl (C=O) groups excluding carboxylic acids is 1. The third-order valence-electron chi connectivity index (χ3n) is 5.80. The standard InChI is InChI=1S/C24H28FN3O3S/c1-4-17-14-22(15-26-23(17)5-2)32(30,31)28-21-12-8-19(9-13-21)24(29)27-16(3)18-6-10-20(25)11-7-18/h4-7,10-11,14-16,19,21,28H,1-2,8-9,12-13H2,3H3,(H,27,29)/t16-,19?,21?/m0/s1. The normalized spacial score (nSPS) is 19.7. The molecular weight excluding hydrogens is 429 g/mol. The van der Waals surface area contributed by atoms with Crippen LogP contribution in [0.25, 0.3) is 12.2 Å². The molecule has 1 saturated carbocycles. The van der Waals surface area contributed by atoms with Crippen LogP contribution in [0.15, 0.2) is 54.6 Å². The van der Waals surface area contributed by atoms with Gasteiger partial charge in [-0.3, -0.25) is 9.78 Å². The quantitative estimate of drug-likeness (QED) is 0.621. The molecule has 2 aromatic rings. The Labute approximate surface area is 188 Å². The van der Waals surface area contributed by atoms with Crippen molar-refractivity contribution < 1.29 is 17.6 Å². The lowest BCUT2D eigenvalue weighted by molar-refractivity contribution is -0.126. The van der Waals surface area contributed by atoms with Crippen LogP contribution in [0.5, 0.6) is 0 Å². The molecule has 0 radical (unpaired) electrons. The molecule has 1 fully saturated rings. The molecule has 1 aromatic carbocycles. The summed E-state index contributed by atoms with van der Waals surface area (Å²) in [5.74, 6) is -0.566. The fourth-order valence-electron chi connectivity index (χ4n) is 3.88. The number of pyridine rings is 1. The number of hydrogen-bond donors (Lipinski definition) is 2. The van der Waals surface area contributed by atoms with Crippen molar-refractivity contribution in [3.63, 3.8) is 0 Å². The van der Waals surface area contributed by atoms with Crippen molar-refractivity contribution in [2.24, 2.45) is 5.92 Å². The van der Waals surface area contributed by atoms with E-state index < -0.39 is 10.0 Å². The molecule has 1 aromatic heterocycles. The molecule has 2 N–H and O–H groups in total. The highest BCUT2D eigenvalue weighted by Gasteiger charge is 2.30. The van der Waals surface area contributed by atoms with E-state index in [2.05, 4.69) is 28.2 Å². The summed E-state index contributed by atoms with van der Waals surface area (Å²) in [6.07, 6.45) is 6.69. The number of rotatable bonds is 8. The molecule has 1 heterocycles. The van der Waals surface area contributed by atoms with E-state index in [9.17, 15) is 17.6 Å². The topological polar surface area (TPSA) is 88.2 Å². The molecular formula is C24H28FN3O3S. The molecule has 170 valence electrons. The first-order chi connectivity index (χ1) is 15.2. The second-order valence-electron chi connectivity index (χ2n) is 8.01. The lowest BCUT2D eigenvalue weighted by Crippen LogP contribution is -2.41. The monoisotopic (exact) mass is 457 g/mol. The maximum atomic E-state index is 13.1. The van der Waals surface area contributed by atoms with Gasteiger partial charge in [0.15, 0.2) is 0 Å². The number of carbonyl (C=O) groups is 1. The average Bonchev–Trinajstić information content (AvgIpc) is 2.79. The van der Waals surface area contributed by atoms with Crippen molar-refractivity contribution in [3.05, 3.63) is 72.3 Å². The first kappa shape index (κ1) is 23.8. The predicted molar refractivity (Wildman–Crippen MR) is 123 cm³/mol. The van der Waals surface area contributed by atoms with Crippen molar-refractivity contribution in [2.75, 3.05) is 0 Å². The van der Waals surface area contributed by atoms with Crippen LogP contribution in [0.2, 0.25) is 0 Å². The molecule has 0 spiro atoms. The summed E-state index contributed by atoms with van der Waals surface area (Å²) >= 11 is 0. The second-order valence-corrected chi connectivity index (χ2v) is 9.72. The van der Waals surface area contributed by atoms with Crippen molar-refractivity contribution in [3.8, 4) is 0 Å². The van der Waals surface area contributed by atoms with Crippen molar-refractivity contribution in [2.45, 2.75) is 49.6 Å². The molecule has 1 aliphatic carbocycles. The fourth-order valence-corrected chi connectivity index (χ4v) is 5.16. The van der Waals surface area contributed by atoms with E-state index in [1.165, 1.54) is 24.4 Å². The van der Waals surface area contributed by atoms with Crippen molar-refractivity contribution in [1.29, 1.82) is 0 Å². The number of nitrogens with one attached hydrogen (secondary N) is 2. The van der Waals surface area contributed by atoms with Gasteiger partial charge in [0, 0.05) is 23.7 Å². The highest BCUT2D eigenvalue weighted by molar-refractivity contribution is 7.89. The highest BCUT2D eigenvalue weighted by Crippen LogP contribution is 2.27. The zero-order valence-corrected chi connectivity index (χ0v) is 18.9. The van der Waals surface area contributed by atoms with Gasteiger partial charge < -0.3 is 5.32 Å². The van der Waals surface area contributed by atoms with Gasteiger partial charge in [-0.25, -0.2) is 17.5 Å². The van der Waals surface area contributed by atoms with Crippen LogP contribution in [-0.2, 0) is 14.8 Å². The molecule has 0 saturated heterocycles. The van der Waals surface area contributed by atoms with E-state index >= 15 is 0 Å². The molecule has 1 amide bonds. The van der Waals surface area contributed by atoms with Gasteiger partial charge in [-0.15, -0.1) is 0 Å². The summed E-state index contributed by atoms with van der Waals surface area (Å²) in [4.78, 5) is 16.9. The molecule has 1 atom stereocenters. The van der Waals surface area contributed by atoms with E-state index in [1.54, 1.807) is 24.3 Å². The Morgan fingerprint density at radius 3 is 2.41 bits per heavy atom. The van der Waals surface area contributed by atoms with Gasteiger partial charge in [-0.2, -0.15) is 0 Å². The van der Waals surface area contributed by atoms with Gasteiger partial charge in [0.25, 0.3) is 0 Å². The Balaban J connectivity index is 1.56. The Bertz CT molecular complexity index is 1090. The third-order valence-corrected chi connectivity index (χ3v) is 7.28. The molecule has 0 bridgehead atoms. The summed E-state index contributed by atoms with van der Waals surface area (Å²) in [5, 5.41) is 2.97. The Hall–Kier alpha value is -2.84. The van der Waals surface area contributed by atoms with Crippen LogP contribution in [-0.4, -0.2) is 25.4 Å². The van der Waals surface area contributed by atoms with Gasteiger partial charge in [-0.1, -0.05) is 31.4 Å². The maximum Gasteiger partial charge on any atom is 0.242 e. The lowest BCUT2D eigenvalue weighted by Gasteiger charge is -2.29. The molecule has 6 nitrogen and oxygen atoms in total. The molecule has 3 rings (SSSR count). The maximum absolute atomic E-state index is 13.1. The molecule has 8 heteroatoms. The average molecular weight is 458 g/mol. The number of sulfonamides is 1. The van der Waals surface area contributed by atoms with Crippen LogP contribution in [0.4, 0.5) is 4.39 Å². The zero-order chi connectivity index (χ0) is 23.3. The van der Waals surface area contributed by atoms with Crippen LogP contribution < -0.4 is 10.0 Å². The van der Waals surface area contributed by atoms with E-state index in [4.69, 9.17) is 0 Å². The predicted octanol–water partition coefficient (Wildman–Crippen LogP) is 4.22. The summed E-state index contributed by atoms with van der Waals surface area (Å²) in [6.45, 7) is 9.21. The first-order valence-corrected chi connectivity index (χ1v) is 12.0. The van der Waals surface area contributed by atoms with Crippen LogP contribution in [0.1, 0.15) is 55.5 Å². The Morgan fingerprint density at radius 1 is 1.16 bits per heavy atom. The molecule has 0 unspecified atom stereocenters. The zero-order valence-electron chi connectivity index (χ0n) is 18.1. The summed E-state index contributed by atoms with van der Waals surface area (Å²) in [6, 6.07) is 7.09. The number of nitrogens with zero attached hydrogens (tertiary/aromatic N) is 1. The minimum Gasteiger partial charge on any atom is -0.349 e. The molecule has 0 aliphatic heterocycles. The largest absolute Gasteiger partial charge is 0.349 e. The third kappa shape index (κ3) is 5.69. The smallest absolute Gasteiger partial charge is 0.242 e. The van der Waals surface area contributed by atoms with Gasteiger partial charge in [0.1, 0.15) is 10.7 Å².